The highest BCUT2D eigenvalue weighted by Crippen LogP contribution is 2.44. The molecule has 0 amide bonds. The summed E-state index contributed by atoms with van der Waals surface area (Å²) in [4.78, 5) is 0. The maximum absolute atomic E-state index is 6.75. The van der Waals surface area contributed by atoms with Crippen molar-refractivity contribution in [3.8, 4) is 11.1 Å². The summed E-state index contributed by atoms with van der Waals surface area (Å²) in [6.07, 6.45) is 0. The van der Waals surface area contributed by atoms with Gasteiger partial charge in [0.2, 0.25) is 0 Å². The molecule has 8 rings (SSSR count). The maximum Gasteiger partial charge on any atom is 0.147 e. The van der Waals surface area contributed by atoms with Gasteiger partial charge in [0, 0.05) is 27.3 Å². The SMILES string of the molecule is [B]c1c2ccccc2c(-c2cccc3c2oc2c3ccc3oc4ccccc4c32)c2ccccc12. The molecule has 0 spiro atoms. The molecule has 2 aromatic heterocycles. The Balaban J connectivity index is 1.58. The molecule has 35 heavy (non-hydrogen) atoms. The summed E-state index contributed by atoms with van der Waals surface area (Å²) in [5.74, 6) is 0. The van der Waals surface area contributed by atoms with Crippen molar-refractivity contribution in [2.45, 2.75) is 0 Å². The van der Waals surface area contributed by atoms with Crippen LogP contribution in [0.4, 0.5) is 0 Å². The fraction of sp³-hybridized carbons (Fsp3) is 0. The van der Waals surface area contributed by atoms with E-state index in [9.17, 15) is 0 Å². The normalized spacial score (nSPS) is 12.1. The fourth-order valence-corrected chi connectivity index (χ4v) is 5.71. The number of benzene rings is 6. The smallest absolute Gasteiger partial charge is 0.147 e. The van der Waals surface area contributed by atoms with Crippen molar-refractivity contribution in [2.24, 2.45) is 0 Å². The number of fused-ring (bicyclic) bond motifs is 9. The number of rotatable bonds is 1. The molecule has 0 bridgehead atoms. The van der Waals surface area contributed by atoms with Gasteiger partial charge in [0.1, 0.15) is 30.2 Å². The van der Waals surface area contributed by atoms with Gasteiger partial charge in [0.15, 0.2) is 0 Å². The average Bonchev–Trinajstić information content (AvgIpc) is 3.47. The molecule has 0 saturated carbocycles. The second kappa shape index (κ2) is 6.77. The minimum Gasteiger partial charge on any atom is -0.456 e. The molecule has 0 aliphatic carbocycles. The summed E-state index contributed by atoms with van der Waals surface area (Å²) in [7, 11) is 6.64. The van der Waals surface area contributed by atoms with Gasteiger partial charge >= 0.3 is 0 Å². The van der Waals surface area contributed by atoms with Crippen LogP contribution in [0.2, 0.25) is 0 Å². The highest BCUT2D eigenvalue weighted by atomic mass is 16.3. The van der Waals surface area contributed by atoms with E-state index in [1.807, 2.05) is 36.4 Å². The Bertz CT molecular complexity index is 2070. The average molecular weight is 444 g/mol. The second-order valence-electron chi connectivity index (χ2n) is 9.08. The molecule has 6 aromatic carbocycles. The largest absolute Gasteiger partial charge is 0.456 e. The number of para-hydroxylation sites is 2. The van der Waals surface area contributed by atoms with E-state index in [0.29, 0.717) is 0 Å². The molecule has 160 valence electrons. The molecule has 0 aliphatic heterocycles. The molecule has 2 heterocycles. The van der Waals surface area contributed by atoms with Crippen LogP contribution < -0.4 is 5.46 Å². The van der Waals surface area contributed by atoms with Crippen molar-refractivity contribution in [2.75, 3.05) is 0 Å². The molecule has 2 radical (unpaired) electrons. The first kappa shape index (κ1) is 18.9. The van der Waals surface area contributed by atoms with Crippen molar-refractivity contribution in [1.29, 1.82) is 0 Å². The number of hydrogen-bond donors (Lipinski definition) is 0. The van der Waals surface area contributed by atoms with Crippen LogP contribution in [0.1, 0.15) is 0 Å². The van der Waals surface area contributed by atoms with E-state index in [0.717, 1.165) is 82.0 Å². The Hall–Kier alpha value is -4.50. The lowest BCUT2D eigenvalue weighted by Crippen LogP contribution is -2.07. The van der Waals surface area contributed by atoms with Crippen molar-refractivity contribution in [3.05, 3.63) is 103 Å². The monoisotopic (exact) mass is 444 g/mol. The van der Waals surface area contributed by atoms with E-state index in [1.165, 1.54) is 0 Å². The molecule has 2 nitrogen and oxygen atoms in total. The molecule has 8 aromatic rings. The third-order valence-electron chi connectivity index (χ3n) is 7.25. The van der Waals surface area contributed by atoms with Crippen molar-refractivity contribution in [1.82, 2.24) is 0 Å². The highest BCUT2D eigenvalue weighted by molar-refractivity contribution is 6.47. The number of hydrogen-bond acceptors (Lipinski definition) is 2. The van der Waals surface area contributed by atoms with Crippen LogP contribution in [0.25, 0.3) is 76.5 Å². The van der Waals surface area contributed by atoms with Gasteiger partial charge in [-0.05, 0) is 39.7 Å². The molecule has 0 aliphatic rings. The highest BCUT2D eigenvalue weighted by Gasteiger charge is 2.20. The Kier molecular flexibility index (Phi) is 3.65. The Morgan fingerprint density at radius 1 is 0.429 bits per heavy atom. The first-order valence-electron chi connectivity index (χ1n) is 11.7. The fourth-order valence-electron chi connectivity index (χ4n) is 5.71. The summed E-state index contributed by atoms with van der Waals surface area (Å²) in [6.45, 7) is 0. The molecular weight excluding hydrogens is 427 g/mol. The Morgan fingerprint density at radius 2 is 1.03 bits per heavy atom. The van der Waals surface area contributed by atoms with E-state index >= 15 is 0 Å². The summed E-state index contributed by atoms with van der Waals surface area (Å²) >= 11 is 0. The first-order valence-corrected chi connectivity index (χ1v) is 11.7. The molecule has 0 fully saturated rings. The van der Waals surface area contributed by atoms with Crippen molar-refractivity contribution < 1.29 is 8.83 Å². The summed E-state index contributed by atoms with van der Waals surface area (Å²) < 4.78 is 12.9. The van der Waals surface area contributed by atoms with E-state index in [2.05, 4.69) is 66.7 Å². The molecule has 0 N–H and O–H groups in total. The van der Waals surface area contributed by atoms with Crippen LogP contribution in [0, 0.1) is 0 Å². The lowest BCUT2D eigenvalue weighted by molar-refractivity contribution is 0.663. The molecule has 3 heteroatoms. The zero-order valence-electron chi connectivity index (χ0n) is 18.7. The number of furan rings is 2. The summed E-state index contributed by atoms with van der Waals surface area (Å²) in [5.41, 5.74) is 6.45. The van der Waals surface area contributed by atoms with Crippen molar-refractivity contribution in [3.63, 3.8) is 0 Å². The topological polar surface area (TPSA) is 26.3 Å². The van der Waals surface area contributed by atoms with E-state index in [1.54, 1.807) is 0 Å². The minimum atomic E-state index is 0.809. The zero-order valence-corrected chi connectivity index (χ0v) is 18.7. The van der Waals surface area contributed by atoms with E-state index in [-0.39, 0.29) is 0 Å². The zero-order chi connectivity index (χ0) is 23.1. The third kappa shape index (κ3) is 2.45. The lowest BCUT2D eigenvalue weighted by Gasteiger charge is -2.15. The van der Waals surface area contributed by atoms with Crippen LogP contribution in [-0.2, 0) is 0 Å². The summed E-state index contributed by atoms with van der Waals surface area (Å²) in [5, 5.41) is 8.62. The molecular formula is C32H17BO2. The van der Waals surface area contributed by atoms with Gasteiger partial charge in [0.25, 0.3) is 0 Å². The van der Waals surface area contributed by atoms with Gasteiger partial charge in [-0.2, -0.15) is 0 Å². The van der Waals surface area contributed by atoms with Crippen LogP contribution in [0.15, 0.2) is 112 Å². The Labute approximate surface area is 201 Å². The van der Waals surface area contributed by atoms with Crippen LogP contribution in [0.5, 0.6) is 0 Å². The van der Waals surface area contributed by atoms with Gasteiger partial charge in [-0.25, -0.2) is 0 Å². The maximum atomic E-state index is 6.75. The van der Waals surface area contributed by atoms with Gasteiger partial charge in [0.05, 0.1) is 5.39 Å². The Morgan fingerprint density at radius 3 is 1.77 bits per heavy atom. The van der Waals surface area contributed by atoms with E-state index < -0.39 is 0 Å². The van der Waals surface area contributed by atoms with E-state index in [4.69, 9.17) is 16.7 Å². The standard InChI is InChI=1S/C32H17BO2/c33-30-20-10-3-1-8-18(20)28(19-9-2-4-11-21(19)30)25-14-7-13-22-23-16-17-27-29(32(23)35-31(22)25)24-12-5-6-15-26(24)34-27/h1-17H. The molecule has 0 atom stereocenters. The van der Waals surface area contributed by atoms with Crippen molar-refractivity contribution >= 4 is 78.7 Å². The van der Waals surface area contributed by atoms with Crippen LogP contribution >= 0.6 is 0 Å². The molecule has 0 unspecified atom stereocenters. The van der Waals surface area contributed by atoms with Gasteiger partial charge < -0.3 is 8.83 Å². The summed E-state index contributed by atoms with van der Waals surface area (Å²) in [6, 6.07) is 35.4. The first-order chi connectivity index (χ1) is 17.3. The lowest BCUT2D eigenvalue weighted by atomic mass is 9.81. The van der Waals surface area contributed by atoms with Gasteiger partial charge in [-0.3, -0.25) is 0 Å². The van der Waals surface area contributed by atoms with Crippen LogP contribution in [-0.4, -0.2) is 7.85 Å². The predicted octanol–water partition coefficient (Wildman–Crippen LogP) is 8.25. The van der Waals surface area contributed by atoms with Gasteiger partial charge in [-0.1, -0.05) is 90.4 Å². The minimum absolute atomic E-state index is 0.809. The third-order valence-corrected chi connectivity index (χ3v) is 7.25. The second-order valence-corrected chi connectivity index (χ2v) is 9.08. The van der Waals surface area contributed by atoms with Gasteiger partial charge in [-0.15, -0.1) is 0 Å². The quantitative estimate of drug-likeness (QED) is 0.188. The molecule has 0 saturated heterocycles. The predicted molar refractivity (Wildman–Crippen MR) is 147 cm³/mol. The van der Waals surface area contributed by atoms with Crippen LogP contribution in [0.3, 0.4) is 0 Å².